The number of hydrazine groups is 1. The highest BCUT2D eigenvalue weighted by atomic mass is 35.5. The van der Waals surface area contributed by atoms with Gasteiger partial charge in [-0.2, -0.15) is 18.2 Å². The van der Waals surface area contributed by atoms with Gasteiger partial charge in [-0.25, -0.2) is 9.88 Å². The van der Waals surface area contributed by atoms with E-state index in [-0.39, 0.29) is 29.5 Å². The number of hydrogen-bond donors (Lipinski definition) is 1. The van der Waals surface area contributed by atoms with E-state index in [1.165, 1.54) is 11.9 Å². The molecule has 3 heterocycles. The van der Waals surface area contributed by atoms with E-state index in [0.717, 1.165) is 21.7 Å². The molecule has 4 amide bonds. The molecule has 0 unspecified atom stereocenters. The third kappa shape index (κ3) is 4.70. The van der Waals surface area contributed by atoms with Gasteiger partial charge in [0.05, 0.1) is 33.9 Å². The number of pyridine rings is 1. The van der Waals surface area contributed by atoms with Crippen LogP contribution >= 0.6 is 11.6 Å². The summed E-state index contributed by atoms with van der Waals surface area (Å²) in [7, 11) is 1.26. The van der Waals surface area contributed by atoms with Crippen LogP contribution in [0.25, 0.3) is 0 Å². The Kier molecular flexibility index (Phi) is 7.47. The van der Waals surface area contributed by atoms with Crippen molar-refractivity contribution in [2.45, 2.75) is 45.7 Å². The number of alkyl halides is 3. The Labute approximate surface area is 284 Å². The first-order chi connectivity index (χ1) is 23.1. The average Bonchev–Trinajstić information content (AvgIpc) is 3.42. The number of carbonyl (C=O) groups is 4. The average molecular weight is 693 g/mol. The van der Waals surface area contributed by atoms with Crippen LogP contribution < -0.4 is 9.91 Å². The molecule has 0 spiro atoms. The molecular formula is C36H32ClF3N4O5. The summed E-state index contributed by atoms with van der Waals surface area (Å²) in [5.74, 6) is -6.40. The maximum absolute atomic E-state index is 14.5. The molecule has 2 saturated heterocycles. The Hall–Kier alpha value is -4.71. The number of benzene rings is 2. The van der Waals surface area contributed by atoms with E-state index in [4.69, 9.17) is 11.6 Å². The van der Waals surface area contributed by atoms with Crippen LogP contribution in [-0.2, 0) is 25.4 Å². The van der Waals surface area contributed by atoms with Gasteiger partial charge in [0.2, 0.25) is 11.8 Å². The highest BCUT2D eigenvalue weighted by Gasteiger charge is 2.68. The lowest BCUT2D eigenvalue weighted by Gasteiger charge is -2.49. The van der Waals surface area contributed by atoms with E-state index in [1.807, 2.05) is 6.08 Å². The number of anilines is 2. The van der Waals surface area contributed by atoms with E-state index < -0.39 is 70.4 Å². The fourth-order valence-corrected chi connectivity index (χ4v) is 8.79. The van der Waals surface area contributed by atoms with Crippen LogP contribution in [0.2, 0.25) is 5.02 Å². The highest BCUT2D eigenvalue weighted by molar-refractivity contribution is 6.33. The molecule has 2 aliphatic carbocycles. The minimum Gasteiger partial charge on any atom is -0.507 e. The summed E-state index contributed by atoms with van der Waals surface area (Å²) in [6, 6.07) is 13.9. The zero-order chi connectivity index (χ0) is 35.3. The lowest BCUT2D eigenvalue weighted by molar-refractivity contribution is -0.141. The molecule has 0 radical (unpaired) electrons. The molecule has 6 atom stereocenters. The second-order valence-electron chi connectivity index (χ2n) is 13.5. The number of fused-ring (bicyclic) bond motifs is 4. The van der Waals surface area contributed by atoms with Crippen LogP contribution in [0.4, 0.5) is 24.7 Å². The number of aryl methyl sites for hydroxylation is 2. The zero-order valence-corrected chi connectivity index (χ0v) is 27.7. The van der Waals surface area contributed by atoms with E-state index in [0.29, 0.717) is 28.4 Å². The normalized spacial score (nSPS) is 28.0. The number of hydrogen-bond acceptors (Lipinski definition) is 7. The molecular weight excluding hydrogens is 661 g/mol. The topological polar surface area (TPSA) is 111 Å². The maximum atomic E-state index is 14.5. The number of aromatic hydroxyl groups is 1. The number of halogens is 4. The van der Waals surface area contributed by atoms with Gasteiger partial charge in [-0.05, 0) is 80.5 Å². The summed E-state index contributed by atoms with van der Waals surface area (Å²) in [5, 5.41) is 12.2. The Bertz CT molecular complexity index is 1960. The van der Waals surface area contributed by atoms with Crippen LogP contribution in [-0.4, -0.2) is 45.8 Å². The van der Waals surface area contributed by atoms with Gasteiger partial charge in [-0.3, -0.25) is 24.2 Å². The van der Waals surface area contributed by atoms with Crippen molar-refractivity contribution in [2.24, 2.45) is 29.1 Å². The Morgan fingerprint density at radius 1 is 0.959 bits per heavy atom. The summed E-state index contributed by atoms with van der Waals surface area (Å²) in [5.41, 5.74) is 0.501. The van der Waals surface area contributed by atoms with Crippen molar-refractivity contribution in [3.63, 3.8) is 0 Å². The molecule has 3 fully saturated rings. The number of nitrogens with zero attached hydrogens (tertiary/aromatic N) is 4. The Balaban J connectivity index is 1.34. The van der Waals surface area contributed by atoms with Crippen LogP contribution in [0.1, 0.15) is 48.1 Å². The predicted molar refractivity (Wildman–Crippen MR) is 173 cm³/mol. The Morgan fingerprint density at radius 2 is 1.61 bits per heavy atom. The van der Waals surface area contributed by atoms with Gasteiger partial charge in [0.15, 0.2) is 5.82 Å². The quantitative estimate of drug-likeness (QED) is 0.250. The first kappa shape index (κ1) is 32.8. The number of carbonyl (C=O) groups excluding carboxylic acids is 4. The van der Waals surface area contributed by atoms with Crippen molar-refractivity contribution < 1.29 is 37.5 Å². The zero-order valence-electron chi connectivity index (χ0n) is 27.0. The second-order valence-corrected chi connectivity index (χ2v) is 13.9. The number of rotatable bonds is 4. The molecule has 49 heavy (non-hydrogen) atoms. The molecule has 0 bridgehead atoms. The van der Waals surface area contributed by atoms with E-state index in [1.54, 1.807) is 63.2 Å². The molecule has 2 aliphatic heterocycles. The number of phenols is 1. The molecule has 7 rings (SSSR count). The fourth-order valence-electron chi connectivity index (χ4n) is 8.56. The smallest absolute Gasteiger partial charge is 0.433 e. The van der Waals surface area contributed by atoms with E-state index >= 15 is 0 Å². The summed E-state index contributed by atoms with van der Waals surface area (Å²) in [6.07, 6.45) is -2.68. The van der Waals surface area contributed by atoms with E-state index in [2.05, 4.69) is 4.98 Å². The molecule has 9 nitrogen and oxygen atoms in total. The summed E-state index contributed by atoms with van der Waals surface area (Å²) in [6.45, 7) is 5.26. The summed E-state index contributed by atoms with van der Waals surface area (Å²) in [4.78, 5) is 62.0. The highest BCUT2D eigenvalue weighted by Crippen LogP contribution is 2.64. The number of imide groups is 2. The first-order valence-electron chi connectivity index (χ1n) is 15.9. The largest absolute Gasteiger partial charge is 0.507 e. The van der Waals surface area contributed by atoms with Gasteiger partial charge in [0, 0.05) is 13.0 Å². The predicted octanol–water partition coefficient (Wildman–Crippen LogP) is 6.36. The van der Waals surface area contributed by atoms with Crippen molar-refractivity contribution in [3.05, 3.63) is 93.7 Å². The number of amides is 4. The Morgan fingerprint density at radius 3 is 2.24 bits per heavy atom. The molecule has 1 aromatic heterocycles. The molecule has 13 heteroatoms. The molecule has 254 valence electrons. The van der Waals surface area contributed by atoms with E-state index in [9.17, 15) is 37.5 Å². The second kappa shape index (κ2) is 11.2. The van der Waals surface area contributed by atoms with Gasteiger partial charge in [0.25, 0.3) is 11.8 Å². The van der Waals surface area contributed by atoms with Crippen LogP contribution in [0, 0.1) is 42.9 Å². The number of allylic oxidation sites excluding steroid dienone is 2. The number of para-hydroxylation sites is 1. The molecule has 4 aliphatic rings. The van der Waals surface area contributed by atoms with Crippen LogP contribution in [0.3, 0.4) is 0 Å². The lowest BCUT2D eigenvalue weighted by atomic mass is 9.51. The van der Waals surface area contributed by atoms with Gasteiger partial charge in [-0.1, -0.05) is 53.6 Å². The molecule has 2 aromatic carbocycles. The van der Waals surface area contributed by atoms with Crippen molar-refractivity contribution in [3.8, 4) is 5.75 Å². The van der Waals surface area contributed by atoms with Crippen LogP contribution in [0.5, 0.6) is 5.75 Å². The summed E-state index contributed by atoms with van der Waals surface area (Å²) < 4.78 is 40.7. The maximum Gasteiger partial charge on any atom is 0.433 e. The number of phenolic OH excluding ortho intramolecular Hbond substituents is 1. The van der Waals surface area contributed by atoms with Gasteiger partial charge in [0.1, 0.15) is 11.4 Å². The first-order valence-corrected chi connectivity index (χ1v) is 16.2. The standard InChI is InChI=1S/C36H32ClF3N4O5/c1-17-14-19(15-18(2)29(17)45)28-21-10-11-22-27(23(21)16-24-32(47)43(34(49)35(24,28)3)20-8-6-5-7-9-20)33(48)44(31(22)46)42(4)30-25(37)12-13-26(41-30)36(38,39)40/h5-10,12-15,22-24,27-28,45H,11,16H2,1-4H3/t22-,23+,24-,27-,28-,35+/m0/s1. The lowest BCUT2D eigenvalue weighted by Crippen LogP contribution is -2.49. The van der Waals surface area contributed by atoms with Crippen molar-refractivity contribution in [1.82, 2.24) is 9.99 Å². The SMILES string of the molecule is Cc1cc([C@H]2C3=CC[C@@H]4C(=O)N(N(C)c5nc(C(F)(F)F)ccc5Cl)C(=O)[C@@H]4[C@@H]3C[C@H]3C(=O)N(c4ccccc4)C(=O)[C@@]23C)cc(C)c1O. The molecule has 1 N–H and O–H groups in total. The van der Waals surface area contributed by atoms with Crippen molar-refractivity contribution in [1.29, 1.82) is 0 Å². The number of aromatic nitrogens is 1. The molecule has 1 saturated carbocycles. The van der Waals surface area contributed by atoms with Gasteiger partial charge >= 0.3 is 6.18 Å². The van der Waals surface area contributed by atoms with Gasteiger partial charge < -0.3 is 5.11 Å². The minimum absolute atomic E-state index is 0.100. The molecule has 3 aromatic rings. The van der Waals surface area contributed by atoms with Gasteiger partial charge in [-0.15, -0.1) is 0 Å². The third-order valence-corrected chi connectivity index (χ3v) is 11.1. The summed E-state index contributed by atoms with van der Waals surface area (Å²) >= 11 is 6.25. The minimum atomic E-state index is -4.79. The fraction of sp³-hybridized carbons (Fsp3) is 0.361. The third-order valence-electron chi connectivity index (χ3n) is 10.8. The van der Waals surface area contributed by atoms with Crippen molar-refractivity contribution >= 4 is 46.7 Å². The monoisotopic (exact) mass is 692 g/mol. The van der Waals surface area contributed by atoms with Crippen LogP contribution in [0.15, 0.2) is 66.2 Å². The van der Waals surface area contributed by atoms with Crippen molar-refractivity contribution in [2.75, 3.05) is 17.0 Å².